The number of pyridine rings is 1. The number of amides is 1. The highest BCUT2D eigenvalue weighted by molar-refractivity contribution is 7.90. The topological polar surface area (TPSA) is 133 Å². The molecule has 0 spiro atoms. The van der Waals surface area contributed by atoms with Gasteiger partial charge in [-0.25, -0.2) is 27.9 Å². The van der Waals surface area contributed by atoms with E-state index in [1.165, 1.54) is 25.4 Å². The first-order chi connectivity index (χ1) is 24.5. The van der Waals surface area contributed by atoms with Gasteiger partial charge in [-0.2, -0.15) is 18.3 Å². The van der Waals surface area contributed by atoms with Crippen molar-refractivity contribution in [1.29, 1.82) is 0 Å². The molecule has 7 heterocycles. The van der Waals surface area contributed by atoms with Crippen molar-refractivity contribution in [3.63, 3.8) is 0 Å². The molecule has 0 saturated carbocycles. The van der Waals surface area contributed by atoms with Gasteiger partial charge >= 0.3 is 12.3 Å². The summed E-state index contributed by atoms with van der Waals surface area (Å²) in [5.41, 5.74) is -0.985. The van der Waals surface area contributed by atoms with Crippen LogP contribution >= 0.6 is 11.3 Å². The second kappa shape index (κ2) is 12.2. The molecule has 1 aromatic carbocycles. The third-order valence-electron chi connectivity index (χ3n) is 9.98. The number of aryl methyl sites for hydroxylation is 1. The summed E-state index contributed by atoms with van der Waals surface area (Å²) in [4.78, 5) is 30.9. The van der Waals surface area contributed by atoms with Gasteiger partial charge in [-0.3, -0.25) is 9.88 Å². The molecule has 2 bridgehead atoms. The molecule has 0 N–H and O–H groups in total. The summed E-state index contributed by atoms with van der Waals surface area (Å²) in [6, 6.07) is 2.80. The van der Waals surface area contributed by atoms with E-state index in [1.807, 2.05) is 25.7 Å². The minimum absolute atomic E-state index is 0.0191. The predicted octanol–water partition coefficient (Wildman–Crippen LogP) is 7.27. The van der Waals surface area contributed by atoms with E-state index in [4.69, 9.17) is 9.47 Å². The van der Waals surface area contributed by atoms with Gasteiger partial charge in [-0.15, -0.1) is 11.3 Å². The molecule has 52 heavy (non-hydrogen) atoms. The van der Waals surface area contributed by atoms with Crippen molar-refractivity contribution in [2.75, 3.05) is 30.9 Å². The summed E-state index contributed by atoms with van der Waals surface area (Å²) < 4.78 is 84.7. The average Bonchev–Trinajstić information content (AvgIpc) is 3.73. The number of alkyl halides is 3. The standard InChI is InChI=1S/C35H38F3N7O5S2/c1-18-14-23-22(15-40-45(23)24-8-6-7-13-49-24)25(27(18)35(36,37)38)28-29-21(11-12-39-28)26-30(41-32(52(5,47)48)42-31(26)51-29)43-16-19-9-10-20(17-43)44(19)33(46)50-34(2,3)4/h11-12,14-15,19-20,24H,6-10,13,16-17H2,1-5H3. The van der Waals surface area contributed by atoms with Crippen LogP contribution in [0.25, 0.3) is 42.5 Å². The Labute approximate surface area is 301 Å². The molecule has 0 radical (unpaired) electrons. The first kappa shape index (κ1) is 35.0. The summed E-state index contributed by atoms with van der Waals surface area (Å²) in [6.45, 7) is 8.14. The van der Waals surface area contributed by atoms with Crippen molar-refractivity contribution >= 4 is 64.3 Å². The van der Waals surface area contributed by atoms with E-state index in [1.54, 1.807) is 15.6 Å². The second-order valence-corrected chi connectivity index (χ2v) is 17.8. The molecular formula is C35H38F3N7O5S2. The Kier molecular flexibility index (Phi) is 8.22. The van der Waals surface area contributed by atoms with E-state index < -0.39 is 39.5 Å². The van der Waals surface area contributed by atoms with Gasteiger partial charge in [0.2, 0.25) is 15.0 Å². The molecule has 3 saturated heterocycles. The van der Waals surface area contributed by atoms with Gasteiger partial charge in [0, 0.05) is 48.5 Å². The molecule has 8 rings (SSSR count). The van der Waals surface area contributed by atoms with E-state index in [2.05, 4.69) is 20.1 Å². The van der Waals surface area contributed by atoms with Crippen LogP contribution in [-0.2, 0) is 25.5 Å². The zero-order chi connectivity index (χ0) is 36.9. The zero-order valence-electron chi connectivity index (χ0n) is 29.3. The van der Waals surface area contributed by atoms with Crippen LogP contribution in [0.5, 0.6) is 0 Å². The van der Waals surface area contributed by atoms with Gasteiger partial charge in [0.25, 0.3) is 0 Å². The van der Waals surface area contributed by atoms with E-state index in [0.29, 0.717) is 57.8 Å². The minimum atomic E-state index is -4.72. The van der Waals surface area contributed by atoms with Crippen LogP contribution in [0.2, 0.25) is 0 Å². The molecule has 276 valence electrons. The number of anilines is 1. The van der Waals surface area contributed by atoms with Crippen molar-refractivity contribution in [1.82, 2.24) is 29.6 Å². The molecule has 12 nitrogen and oxygen atoms in total. The first-order valence-electron chi connectivity index (χ1n) is 17.2. The van der Waals surface area contributed by atoms with Crippen molar-refractivity contribution in [3.05, 3.63) is 35.7 Å². The summed E-state index contributed by atoms with van der Waals surface area (Å²) in [7, 11) is -3.89. The summed E-state index contributed by atoms with van der Waals surface area (Å²) in [5.74, 6) is 0.349. The number of thiophene rings is 1. The molecule has 0 aliphatic carbocycles. The molecule has 1 amide bonds. The normalized spacial score (nSPS) is 21.5. The maximum atomic E-state index is 15.0. The molecule has 4 aromatic heterocycles. The highest BCUT2D eigenvalue weighted by Gasteiger charge is 2.45. The Balaban J connectivity index is 1.32. The largest absolute Gasteiger partial charge is 0.444 e. The van der Waals surface area contributed by atoms with Gasteiger partial charge in [-0.05, 0) is 77.5 Å². The van der Waals surface area contributed by atoms with Crippen molar-refractivity contribution in [3.8, 4) is 11.3 Å². The van der Waals surface area contributed by atoms with E-state index in [9.17, 15) is 13.2 Å². The van der Waals surface area contributed by atoms with E-state index >= 15 is 13.2 Å². The summed E-state index contributed by atoms with van der Waals surface area (Å²) in [6.07, 6.45) is 2.38. The number of nitrogens with zero attached hydrogens (tertiary/aromatic N) is 7. The number of rotatable bonds is 4. The predicted molar refractivity (Wildman–Crippen MR) is 190 cm³/mol. The summed E-state index contributed by atoms with van der Waals surface area (Å²) in [5, 5.41) is 5.49. The van der Waals surface area contributed by atoms with Gasteiger partial charge in [-0.1, -0.05) is 0 Å². The van der Waals surface area contributed by atoms with Crippen LogP contribution in [0.1, 0.15) is 70.2 Å². The number of hydrogen-bond acceptors (Lipinski definition) is 11. The van der Waals surface area contributed by atoms with Crippen LogP contribution in [0.15, 0.2) is 29.7 Å². The van der Waals surface area contributed by atoms with Crippen molar-refractivity contribution in [2.45, 2.75) is 95.0 Å². The average molecular weight is 758 g/mol. The lowest BCUT2D eigenvalue weighted by molar-refractivity contribution is -0.137. The third kappa shape index (κ3) is 5.93. The van der Waals surface area contributed by atoms with Gasteiger partial charge in [0.1, 0.15) is 16.2 Å². The monoisotopic (exact) mass is 757 g/mol. The lowest BCUT2D eigenvalue weighted by Gasteiger charge is -2.42. The number of fused-ring (bicyclic) bond motifs is 6. The fraction of sp³-hybridized carbons (Fsp3) is 0.514. The molecular weight excluding hydrogens is 720 g/mol. The number of ether oxygens (including phenoxy) is 2. The molecule has 3 aliphatic rings. The van der Waals surface area contributed by atoms with E-state index in [-0.39, 0.29) is 39.4 Å². The number of piperazine rings is 1. The fourth-order valence-electron chi connectivity index (χ4n) is 7.90. The van der Waals surface area contributed by atoms with Crippen LogP contribution in [0, 0.1) is 6.92 Å². The number of aromatic nitrogens is 5. The van der Waals surface area contributed by atoms with E-state index in [0.717, 1.165) is 43.3 Å². The highest BCUT2D eigenvalue weighted by Crippen LogP contribution is 2.49. The smallest absolute Gasteiger partial charge is 0.417 e. The Morgan fingerprint density at radius 1 is 1.06 bits per heavy atom. The Bertz CT molecular complexity index is 2350. The van der Waals surface area contributed by atoms with Crippen LogP contribution in [0.4, 0.5) is 23.8 Å². The Morgan fingerprint density at radius 2 is 1.79 bits per heavy atom. The van der Waals surface area contributed by atoms with Gasteiger partial charge < -0.3 is 14.4 Å². The number of carbonyl (C=O) groups is 1. The number of halogens is 3. The molecule has 17 heteroatoms. The maximum Gasteiger partial charge on any atom is 0.417 e. The zero-order valence-corrected chi connectivity index (χ0v) is 31.0. The quantitative estimate of drug-likeness (QED) is 0.172. The van der Waals surface area contributed by atoms with Crippen LogP contribution in [0.3, 0.4) is 0 Å². The highest BCUT2D eigenvalue weighted by atomic mass is 32.2. The van der Waals surface area contributed by atoms with Crippen molar-refractivity contribution in [2.24, 2.45) is 0 Å². The molecule has 3 fully saturated rings. The number of carbonyl (C=O) groups excluding carboxylic acids is 1. The maximum absolute atomic E-state index is 15.0. The summed E-state index contributed by atoms with van der Waals surface area (Å²) >= 11 is 1.08. The fourth-order valence-corrected chi connectivity index (χ4v) is 9.63. The first-order valence-corrected chi connectivity index (χ1v) is 20.0. The number of benzene rings is 1. The molecule has 3 unspecified atom stereocenters. The lowest BCUT2D eigenvalue weighted by Crippen LogP contribution is -2.57. The molecule has 3 aliphatic heterocycles. The van der Waals surface area contributed by atoms with Crippen molar-refractivity contribution < 1.29 is 35.9 Å². The second-order valence-electron chi connectivity index (χ2n) is 14.9. The van der Waals surface area contributed by atoms with Gasteiger partial charge in [0.15, 0.2) is 6.23 Å². The molecule has 3 atom stereocenters. The van der Waals surface area contributed by atoms with Gasteiger partial charge in [0.05, 0.1) is 45.1 Å². The number of sulfone groups is 1. The van der Waals surface area contributed by atoms with Crippen LogP contribution < -0.4 is 4.90 Å². The minimum Gasteiger partial charge on any atom is -0.444 e. The number of hydrogen-bond donors (Lipinski definition) is 0. The SMILES string of the molecule is Cc1cc2c(cnn2C2CCCCO2)c(-c2nccc3c2sc2nc(S(C)(=O)=O)nc(N4CC5CCC(C4)N5C(=O)OC(C)(C)C)c23)c1C(F)(F)F. The van der Waals surface area contributed by atoms with Crippen LogP contribution in [-0.4, -0.2) is 87.8 Å². The molecule has 5 aromatic rings. The third-order valence-corrected chi connectivity index (χ3v) is 11.9. The Hall–Kier alpha value is -4.09. The lowest BCUT2D eigenvalue weighted by atomic mass is 9.94. The Morgan fingerprint density at radius 3 is 2.42 bits per heavy atom.